The Morgan fingerprint density at radius 2 is 1.94 bits per heavy atom. The zero-order chi connectivity index (χ0) is 13.1. The minimum absolute atomic E-state index is 0.236. The first kappa shape index (κ1) is 16.8. The van der Waals surface area contributed by atoms with E-state index in [0.717, 1.165) is 23.7 Å². The number of benzene rings is 1. The van der Waals surface area contributed by atoms with Crippen LogP contribution in [0.15, 0.2) is 36.4 Å². The topological polar surface area (TPSA) is 9.23 Å². The van der Waals surface area contributed by atoms with Gasteiger partial charge in [-0.3, -0.25) is 6.08 Å². The van der Waals surface area contributed by atoms with Crippen molar-refractivity contribution in [1.29, 1.82) is 0 Å². The van der Waals surface area contributed by atoms with Gasteiger partial charge >= 0.3 is 27.0 Å². The molecule has 17 heavy (non-hydrogen) atoms. The maximum atomic E-state index is 5.50. The third kappa shape index (κ3) is 6.98. The first-order chi connectivity index (χ1) is 8.27. The number of methoxy groups -OCH3 is 1. The third-order valence-corrected chi connectivity index (χ3v) is 2.60. The molecule has 3 heteroatoms. The average Bonchev–Trinajstić information content (AvgIpc) is 2.39. The number of rotatable bonds is 5. The molecule has 0 aliphatic rings. The molecule has 0 bridgehead atoms. The predicted molar refractivity (Wildman–Crippen MR) is 69.4 cm³/mol. The Hall–Kier alpha value is -0.167. The molecule has 1 rings (SSSR count). The summed E-state index contributed by atoms with van der Waals surface area (Å²) in [5.74, 6) is 0.403. The molecule has 90 valence electrons. The molecule has 0 fully saturated rings. The molecule has 0 saturated carbocycles. The summed E-state index contributed by atoms with van der Waals surface area (Å²) in [6.07, 6.45) is 6.32. The van der Waals surface area contributed by atoms with Gasteiger partial charge in [0.2, 0.25) is 0 Å². The van der Waals surface area contributed by atoms with Crippen molar-refractivity contribution in [2.24, 2.45) is 5.92 Å². The molecule has 0 spiro atoms. The van der Waals surface area contributed by atoms with Gasteiger partial charge in [0.05, 0.1) is 6.10 Å². The van der Waals surface area contributed by atoms with E-state index in [-0.39, 0.29) is 6.10 Å². The van der Waals surface area contributed by atoms with Gasteiger partial charge in [-0.1, -0.05) is 37.3 Å². The van der Waals surface area contributed by atoms with Crippen LogP contribution in [0.25, 0.3) is 0 Å². The van der Waals surface area contributed by atoms with Crippen molar-refractivity contribution >= 4 is 9.69 Å². The van der Waals surface area contributed by atoms with Crippen LogP contribution in [0.5, 0.6) is 0 Å². The van der Waals surface area contributed by atoms with Crippen molar-refractivity contribution in [3.8, 4) is 0 Å². The normalized spacial score (nSPS) is 14.0. The van der Waals surface area contributed by atoms with Crippen LogP contribution in [0.4, 0.5) is 0 Å². The van der Waals surface area contributed by atoms with Crippen molar-refractivity contribution in [2.45, 2.75) is 26.4 Å². The summed E-state index contributed by atoms with van der Waals surface area (Å²) >= 11 is 0.847. The Morgan fingerprint density at radius 1 is 1.35 bits per heavy atom. The predicted octanol–water partition coefficient (Wildman–Crippen LogP) is 3.95. The monoisotopic (exact) mass is 302 g/mol. The standard InChI is InChI=1S/C14H19O.ClH.Zn/c1-4-8-12(2)14(15-3)11-13-9-6-5-7-10-13;;/h5-10,12,14H,11H2,1-3H3;1H;/q-1;;+2/p-1/t12-,14-;;/m1../s1. The summed E-state index contributed by atoms with van der Waals surface area (Å²) in [4.78, 5) is 0. The molecule has 0 N–H and O–H groups in total. The molecule has 1 aromatic rings. The van der Waals surface area contributed by atoms with Crippen LogP contribution in [-0.2, 0) is 28.5 Å². The molecule has 2 atom stereocenters. The van der Waals surface area contributed by atoms with Crippen LogP contribution in [0.2, 0.25) is 0 Å². The molecule has 0 aliphatic carbocycles. The zero-order valence-corrected chi connectivity index (χ0v) is 14.5. The van der Waals surface area contributed by atoms with Gasteiger partial charge in [-0.2, -0.15) is 6.92 Å². The van der Waals surface area contributed by atoms with Gasteiger partial charge in [0.15, 0.2) is 0 Å². The van der Waals surface area contributed by atoms with Gasteiger partial charge in [0.25, 0.3) is 0 Å². The molecule has 0 heterocycles. The molecule has 1 nitrogen and oxygen atoms in total. The number of ether oxygens (including phenoxy) is 1. The van der Waals surface area contributed by atoms with E-state index in [2.05, 4.69) is 43.3 Å². The minimum atomic E-state index is 0.236. The summed E-state index contributed by atoms with van der Waals surface area (Å²) in [5.41, 5.74) is 1.32. The van der Waals surface area contributed by atoms with Crippen molar-refractivity contribution in [3.05, 3.63) is 48.0 Å². The van der Waals surface area contributed by atoms with Crippen LogP contribution in [0.3, 0.4) is 0 Å². The van der Waals surface area contributed by atoms with Gasteiger partial charge in [0, 0.05) is 7.11 Å². The van der Waals surface area contributed by atoms with Crippen LogP contribution in [0, 0.1) is 12.0 Å². The van der Waals surface area contributed by atoms with Crippen molar-refractivity contribution in [2.75, 3.05) is 7.11 Å². The molecule has 0 aliphatic heterocycles. The molecule has 0 saturated heterocycles. The second-order valence-corrected chi connectivity index (χ2v) is 3.78. The first-order valence-electron chi connectivity index (χ1n) is 5.62. The quantitative estimate of drug-likeness (QED) is 0.591. The number of hydrogen-bond donors (Lipinski definition) is 0. The molecule has 0 amide bonds. The van der Waals surface area contributed by atoms with Crippen molar-refractivity contribution < 1.29 is 22.0 Å². The van der Waals surface area contributed by atoms with E-state index in [4.69, 9.17) is 14.4 Å². The van der Waals surface area contributed by atoms with Crippen LogP contribution in [0.1, 0.15) is 19.4 Å². The fourth-order valence-corrected chi connectivity index (χ4v) is 1.70. The number of halogens is 1. The summed E-state index contributed by atoms with van der Waals surface area (Å²) in [5, 5.41) is 0. The van der Waals surface area contributed by atoms with Crippen LogP contribution in [-0.4, -0.2) is 13.2 Å². The first-order valence-corrected chi connectivity index (χ1v) is 9.52. The van der Waals surface area contributed by atoms with E-state index in [9.17, 15) is 0 Å². The van der Waals surface area contributed by atoms with E-state index in [1.54, 1.807) is 7.11 Å². The van der Waals surface area contributed by atoms with E-state index in [1.807, 2.05) is 13.0 Å². The Kier molecular flexibility index (Phi) is 10.8. The summed E-state index contributed by atoms with van der Waals surface area (Å²) in [7, 11) is 6.54. The molecule has 0 aromatic heterocycles. The molecule has 0 unspecified atom stereocenters. The van der Waals surface area contributed by atoms with E-state index < -0.39 is 0 Å². The van der Waals surface area contributed by atoms with Gasteiger partial charge in [-0.05, 0) is 17.9 Å². The Balaban J connectivity index is 0.00000121. The van der Waals surface area contributed by atoms with Crippen LogP contribution < -0.4 is 0 Å². The summed E-state index contributed by atoms with van der Waals surface area (Å²) < 4.78 is 5.50. The van der Waals surface area contributed by atoms with Gasteiger partial charge in [-0.25, -0.2) is 0 Å². The van der Waals surface area contributed by atoms with Gasteiger partial charge < -0.3 is 10.8 Å². The number of hydrogen-bond acceptors (Lipinski definition) is 1. The van der Waals surface area contributed by atoms with E-state index >= 15 is 0 Å². The third-order valence-electron chi connectivity index (χ3n) is 2.60. The SMILES string of the molecule is C[C-]=C[C@@H](C)[C@@H](Cc1ccccc1)OC.[Cl][Zn+]. The maximum absolute atomic E-state index is 5.50. The second kappa shape index (κ2) is 11.0. The van der Waals surface area contributed by atoms with Crippen molar-refractivity contribution in [1.82, 2.24) is 0 Å². The number of allylic oxidation sites excluding steroid dienone is 1. The molecule has 1 aromatic carbocycles. The summed E-state index contributed by atoms with van der Waals surface area (Å²) in [6.45, 7) is 4.08. The fourth-order valence-electron chi connectivity index (χ4n) is 1.70. The fraction of sp³-hybridized carbons (Fsp3) is 0.429. The Morgan fingerprint density at radius 3 is 2.41 bits per heavy atom. The molecule has 0 radical (unpaired) electrons. The van der Waals surface area contributed by atoms with Crippen LogP contribution >= 0.6 is 9.69 Å². The summed E-state index contributed by atoms with van der Waals surface area (Å²) in [6, 6.07) is 10.4. The van der Waals surface area contributed by atoms with E-state index in [0.29, 0.717) is 5.92 Å². The second-order valence-electron chi connectivity index (χ2n) is 3.78. The molecular weight excluding hydrogens is 285 g/mol. The van der Waals surface area contributed by atoms with Crippen molar-refractivity contribution in [3.63, 3.8) is 0 Å². The average molecular weight is 304 g/mol. The zero-order valence-electron chi connectivity index (χ0n) is 10.8. The van der Waals surface area contributed by atoms with Gasteiger partial charge in [-0.15, -0.1) is 0 Å². The van der Waals surface area contributed by atoms with E-state index in [1.165, 1.54) is 5.56 Å². The Labute approximate surface area is 119 Å². The Bertz CT molecular complexity index is 300. The molecular formula is C14H19ClOZn. The van der Waals surface area contributed by atoms with Gasteiger partial charge in [0.1, 0.15) is 0 Å².